The Morgan fingerprint density at radius 3 is 1.62 bits per heavy atom. The Morgan fingerprint density at radius 1 is 0.655 bits per heavy atom. The van der Waals surface area contributed by atoms with E-state index in [9.17, 15) is 0 Å². The lowest BCUT2D eigenvalue weighted by Crippen LogP contribution is -2.19. The Labute approximate surface area is 181 Å². The number of aryl methyl sites for hydroxylation is 1. The lowest BCUT2D eigenvalue weighted by Gasteiger charge is -2.27. The molecule has 0 heteroatoms. The van der Waals surface area contributed by atoms with Crippen LogP contribution in [0.1, 0.15) is 96.4 Å². The zero-order valence-electron chi connectivity index (χ0n) is 20.1. The average molecular weight is 393 g/mol. The van der Waals surface area contributed by atoms with E-state index in [0.29, 0.717) is 0 Å². The zero-order chi connectivity index (χ0) is 21.4. The summed E-state index contributed by atoms with van der Waals surface area (Å²) in [4.78, 5) is 0. The van der Waals surface area contributed by atoms with E-state index in [1.54, 1.807) is 0 Å². The van der Waals surface area contributed by atoms with Crippen LogP contribution in [-0.2, 0) is 18.3 Å². The van der Waals surface area contributed by atoms with Crippen molar-refractivity contribution in [3.8, 4) is 0 Å². The highest BCUT2D eigenvalue weighted by atomic mass is 14.3. The van der Waals surface area contributed by atoms with E-state index in [1.165, 1.54) is 60.8 Å². The van der Waals surface area contributed by atoms with Gasteiger partial charge in [-0.25, -0.2) is 0 Å². The SMILES string of the molecule is CCC(C)CCc1ccc(C(C)(C)c2ccc(CC(C)CC(C)CC)cc2)cc1. The summed E-state index contributed by atoms with van der Waals surface area (Å²) >= 11 is 0. The van der Waals surface area contributed by atoms with Gasteiger partial charge in [0, 0.05) is 5.41 Å². The van der Waals surface area contributed by atoms with Gasteiger partial charge in [-0.05, 0) is 65.7 Å². The maximum absolute atomic E-state index is 2.40. The van der Waals surface area contributed by atoms with Crippen molar-refractivity contribution in [2.75, 3.05) is 0 Å². The first-order chi connectivity index (χ1) is 13.8. The molecule has 2 rings (SSSR count). The Balaban J connectivity index is 2.03. The second-order valence-electron chi connectivity index (χ2n) is 10.1. The molecule has 3 unspecified atom stereocenters. The van der Waals surface area contributed by atoms with Gasteiger partial charge in [-0.15, -0.1) is 0 Å². The van der Waals surface area contributed by atoms with Crippen LogP contribution in [0.25, 0.3) is 0 Å². The Hall–Kier alpha value is -1.56. The molecule has 0 N–H and O–H groups in total. The third-order valence-corrected chi connectivity index (χ3v) is 7.06. The van der Waals surface area contributed by atoms with Gasteiger partial charge in [0.25, 0.3) is 0 Å². The molecule has 0 amide bonds. The third-order valence-electron chi connectivity index (χ3n) is 7.06. The fourth-order valence-corrected chi connectivity index (χ4v) is 4.27. The molecular formula is C29H44. The molecule has 0 radical (unpaired) electrons. The van der Waals surface area contributed by atoms with Gasteiger partial charge in [-0.3, -0.25) is 0 Å². The number of hydrogen-bond acceptors (Lipinski definition) is 0. The van der Waals surface area contributed by atoms with Crippen LogP contribution in [0, 0.1) is 17.8 Å². The fourth-order valence-electron chi connectivity index (χ4n) is 4.27. The first kappa shape index (κ1) is 23.7. The molecule has 0 saturated carbocycles. The van der Waals surface area contributed by atoms with Crippen molar-refractivity contribution in [3.63, 3.8) is 0 Å². The predicted octanol–water partition coefficient (Wildman–Crippen LogP) is 8.61. The maximum Gasteiger partial charge on any atom is 0.0146 e. The van der Waals surface area contributed by atoms with Gasteiger partial charge in [0.05, 0.1) is 0 Å². The second kappa shape index (κ2) is 11.0. The number of rotatable bonds is 11. The van der Waals surface area contributed by atoms with E-state index in [1.807, 2.05) is 0 Å². The third kappa shape index (κ3) is 7.02. The molecule has 2 aromatic rings. The summed E-state index contributed by atoms with van der Waals surface area (Å²) in [5.74, 6) is 2.40. The summed E-state index contributed by atoms with van der Waals surface area (Å²) in [5, 5.41) is 0. The normalized spacial score (nSPS) is 15.1. The van der Waals surface area contributed by atoms with Crippen LogP contribution < -0.4 is 0 Å². The lowest BCUT2D eigenvalue weighted by atomic mass is 9.77. The minimum absolute atomic E-state index is 0.0378. The average Bonchev–Trinajstić information content (AvgIpc) is 2.72. The molecule has 0 aliphatic carbocycles. The standard InChI is InChI=1S/C29H44/c1-8-22(3)10-11-25-12-16-27(17-13-25)29(6,7)28-18-14-26(15-19-28)21-24(5)20-23(4)9-2/h12-19,22-24H,8-11,20-21H2,1-7H3. The van der Waals surface area contributed by atoms with E-state index < -0.39 is 0 Å². The summed E-state index contributed by atoms with van der Waals surface area (Å²) in [7, 11) is 0. The van der Waals surface area contributed by atoms with Gasteiger partial charge in [-0.2, -0.15) is 0 Å². The zero-order valence-corrected chi connectivity index (χ0v) is 20.1. The minimum atomic E-state index is 0.0378. The Morgan fingerprint density at radius 2 is 1.14 bits per heavy atom. The van der Waals surface area contributed by atoms with Gasteiger partial charge in [0.2, 0.25) is 0 Å². The molecular weight excluding hydrogens is 348 g/mol. The molecule has 2 aromatic carbocycles. The molecule has 0 nitrogen and oxygen atoms in total. The molecule has 0 aromatic heterocycles. The monoisotopic (exact) mass is 392 g/mol. The predicted molar refractivity (Wildman–Crippen MR) is 130 cm³/mol. The smallest absolute Gasteiger partial charge is 0.0146 e. The van der Waals surface area contributed by atoms with Crippen molar-refractivity contribution in [1.29, 1.82) is 0 Å². The van der Waals surface area contributed by atoms with Crippen LogP contribution in [0.3, 0.4) is 0 Å². The topological polar surface area (TPSA) is 0 Å². The quantitative estimate of drug-likeness (QED) is 0.359. The van der Waals surface area contributed by atoms with Crippen LogP contribution in [0.5, 0.6) is 0 Å². The van der Waals surface area contributed by atoms with Crippen molar-refractivity contribution >= 4 is 0 Å². The molecule has 0 spiro atoms. The van der Waals surface area contributed by atoms with E-state index in [0.717, 1.165) is 17.8 Å². The number of hydrogen-bond donors (Lipinski definition) is 0. The van der Waals surface area contributed by atoms with Crippen LogP contribution in [0.15, 0.2) is 48.5 Å². The summed E-state index contributed by atoms with van der Waals surface area (Å²) < 4.78 is 0. The van der Waals surface area contributed by atoms with E-state index in [4.69, 9.17) is 0 Å². The van der Waals surface area contributed by atoms with Crippen molar-refractivity contribution in [2.45, 2.75) is 92.4 Å². The summed E-state index contributed by atoms with van der Waals surface area (Å²) in [6.07, 6.45) is 7.56. The highest BCUT2D eigenvalue weighted by molar-refractivity contribution is 5.39. The Kier molecular flexibility index (Phi) is 9.00. The molecule has 3 atom stereocenters. The maximum atomic E-state index is 2.40. The van der Waals surface area contributed by atoms with E-state index >= 15 is 0 Å². The van der Waals surface area contributed by atoms with Crippen molar-refractivity contribution in [3.05, 3.63) is 70.8 Å². The van der Waals surface area contributed by atoms with Crippen LogP contribution in [0.2, 0.25) is 0 Å². The van der Waals surface area contributed by atoms with Crippen molar-refractivity contribution < 1.29 is 0 Å². The van der Waals surface area contributed by atoms with E-state index in [2.05, 4.69) is 97.0 Å². The van der Waals surface area contributed by atoms with Crippen molar-refractivity contribution in [2.24, 2.45) is 17.8 Å². The second-order valence-corrected chi connectivity index (χ2v) is 10.1. The van der Waals surface area contributed by atoms with Gasteiger partial charge in [0.15, 0.2) is 0 Å². The van der Waals surface area contributed by atoms with E-state index in [-0.39, 0.29) is 5.41 Å². The highest BCUT2D eigenvalue weighted by Gasteiger charge is 2.23. The summed E-state index contributed by atoms with van der Waals surface area (Å²) in [6, 6.07) is 18.8. The number of benzene rings is 2. The molecule has 0 heterocycles. The molecule has 0 fully saturated rings. The van der Waals surface area contributed by atoms with Gasteiger partial charge >= 0.3 is 0 Å². The summed E-state index contributed by atoms with van der Waals surface area (Å²) in [6.45, 7) is 16.4. The molecule has 29 heavy (non-hydrogen) atoms. The first-order valence-electron chi connectivity index (χ1n) is 11.9. The van der Waals surface area contributed by atoms with Crippen LogP contribution in [0.4, 0.5) is 0 Å². The molecule has 0 aliphatic heterocycles. The Bertz CT molecular complexity index is 705. The molecule has 160 valence electrons. The molecule has 0 aliphatic rings. The minimum Gasteiger partial charge on any atom is -0.0651 e. The van der Waals surface area contributed by atoms with Gasteiger partial charge < -0.3 is 0 Å². The fraction of sp³-hybridized carbons (Fsp3) is 0.586. The summed E-state index contributed by atoms with van der Waals surface area (Å²) in [5.41, 5.74) is 5.79. The first-order valence-corrected chi connectivity index (χ1v) is 11.9. The molecule has 0 saturated heterocycles. The van der Waals surface area contributed by atoms with Gasteiger partial charge in [0.1, 0.15) is 0 Å². The highest BCUT2D eigenvalue weighted by Crippen LogP contribution is 2.32. The van der Waals surface area contributed by atoms with Crippen molar-refractivity contribution in [1.82, 2.24) is 0 Å². The lowest BCUT2D eigenvalue weighted by molar-refractivity contribution is 0.404. The van der Waals surface area contributed by atoms with Gasteiger partial charge in [-0.1, -0.05) is 110 Å². The van der Waals surface area contributed by atoms with Crippen LogP contribution >= 0.6 is 0 Å². The molecule has 0 bridgehead atoms. The van der Waals surface area contributed by atoms with Crippen LogP contribution in [-0.4, -0.2) is 0 Å². The largest absolute Gasteiger partial charge is 0.0651 e.